The molecule has 0 spiro atoms. The highest BCUT2D eigenvalue weighted by atomic mass is 19.1. The van der Waals surface area contributed by atoms with E-state index in [-0.39, 0.29) is 17.3 Å². The lowest BCUT2D eigenvalue weighted by molar-refractivity contribution is 0.104. The first-order valence-corrected chi connectivity index (χ1v) is 5.95. The summed E-state index contributed by atoms with van der Waals surface area (Å²) in [5.41, 5.74) is 1.13. The lowest BCUT2D eigenvalue weighted by Crippen LogP contribution is -1.93. The molecule has 2 aromatic carbocycles. The Morgan fingerprint density at radius 2 is 1.90 bits per heavy atom. The van der Waals surface area contributed by atoms with Gasteiger partial charge in [-0.1, -0.05) is 12.1 Å². The smallest absolute Gasteiger partial charge is 0.185 e. The molecule has 0 aliphatic carbocycles. The van der Waals surface area contributed by atoms with Crippen molar-refractivity contribution in [2.24, 2.45) is 0 Å². The molecule has 0 saturated carbocycles. The van der Waals surface area contributed by atoms with Crippen molar-refractivity contribution < 1.29 is 19.0 Å². The first-order chi connectivity index (χ1) is 9.60. The number of allylic oxidation sites excluding steroid dienone is 1. The average molecular weight is 272 g/mol. The van der Waals surface area contributed by atoms with E-state index in [0.29, 0.717) is 11.3 Å². The fourth-order valence-electron chi connectivity index (χ4n) is 1.68. The maximum absolute atomic E-state index is 12.8. The van der Waals surface area contributed by atoms with Gasteiger partial charge < -0.3 is 9.84 Å². The number of phenolic OH excluding ortho intramolecular Hbond substituents is 1. The maximum Gasteiger partial charge on any atom is 0.185 e. The minimum Gasteiger partial charge on any atom is -0.504 e. The molecule has 0 saturated heterocycles. The molecule has 0 unspecified atom stereocenters. The van der Waals surface area contributed by atoms with E-state index in [2.05, 4.69) is 0 Å². The second-order valence-corrected chi connectivity index (χ2v) is 4.14. The van der Waals surface area contributed by atoms with E-state index >= 15 is 0 Å². The van der Waals surface area contributed by atoms with E-state index in [1.54, 1.807) is 18.2 Å². The van der Waals surface area contributed by atoms with Crippen molar-refractivity contribution in [2.75, 3.05) is 7.11 Å². The van der Waals surface area contributed by atoms with Crippen LogP contribution in [0.25, 0.3) is 6.08 Å². The maximum atomic E-state index is 12.8. The van der Waals surface area contributed by atoms with Crippen LogP contribution in [0.1, 0.15) is 15.9 Å². The van der Waals surface area contributed by atoms with Gasteiger partial charge in [-0.05, 0) is 48.0 Å². The fraction of sp³-hybridized carbons (Fsp3) is 0.0625. The Hall–Kier alpha value is -2.62. The molecule has 0 atom stereocenters. The Bertz CT molecular complexity index is 645. The number of hydrogen-bond donors (Lipinski definition) is 1. The molecule has 1 N–H and O–H groups in total. The number of carbonyl (C=O) groups is 1. The zero-order valence-electron chi connectivity index (χ0n) is 10.8. The number of benzene rings is 2. The number of aromatic hydroxyl groups is 1. The van der Waals surface area contributed by atoms with Crippen LogP contribution in [0.4, 0.5) is 4.39 Å². The number of ether oxygens (including phenoxy) is 1. The topological polar surface area (TPSA) is 46.5 Å². The molecule has 2 rings (SSSR count). The van der Waals surface area contributed by atoms with Crippen molar-refractivity contribution in [1.82, 2.24) is 0 Å². The zero-order valence-corrected chi connectivity index (χ0v) is 10.8. The van der Waals surface area contributed by atoms with Crippen molar-refractivity contribution in [3.05, 3.63) is 65.5 Å². The Morgan fingerprint density at radius 3 is 2.55 bits per heavy atom. The summed E-state index contributed by atoms with van der Waals surface area (Å²) >= 11 is 0. The van der Waals surface area contributed by atoms with Gasteiger partial charge in [-0.2, -0.15) is 0 Å². The predicted octanol–water partition coefficient (Wildman–Crippen LogP) is 3.44. The molecular weight excluding hydrogens is 259 g/mol. The number of phenols is 1. The molecule has 0 aromatic heterocycles. The minimum absolute atomic E-state index is 0.0366. The van der Waals surface area contributed by atoms with Gasteiger partial charge in [0, 0.05) is 5.56 Å². The van der Waals surface area contributed by atoms with Crippen LogP contribution in [0.15, 0.2) is 48.5 Å². The summed E-state index contributed by atoms with van der Waals surface area (Å²) in [6, 6.07) is 10.1. The van der Waals surface area contributed by atoms with Gasteiger partial charge in [0.05, 0.1) is 7.11 Å². The molecule has 0 aliphatic heterocycles. The highest BCUT2D eigenvalue weighted by Gasteiger charge is 2.03. The fourth-order valence-corrected chi connectivity index (χ4v) is 1.68. The standard InChI is InChI=1S/C16H13FO3/c1-20-16-10-11(3-9-15(16)19)2-8-14(18)12-4-6-13(17)7-5-12/h2-10,19H,1H3/b8-2-. The summed E-state index contributed by atoms with van der Waals surface area (Å²) in [5, 5.41) is 9.46. The number of rotatable bonds is 4. The monoisotopic (exact) mass is 272 g/mol. The number of methoxy groups -OCH3 is 1. The van der Waals surface area contributed by atoms with E-state index < -0.39 is 0 Å². The number of hydrogen-bond acceptors (Lipinski definition) is 3. The summed E-state index contributed by atoms with van der Waals surface area (Å²) in [6.07, 6.45) is 2.99. The molecule has 0 radical (unpaired) electrons. The molecular formula is C16H13FO3. The van der Waals surface area contributed by atoms with Crippen LogP contribution in [0, 0.1) is 5.82 Å². The van der Waals surface area contributed by atoms with E-state index in [0.717, 1.165) is 5.56 Å². The van der Waals surface area contributed by atoms with Crippen LogP contribution in [-0.2, 0) is 0 Å². The van der Waals surface area contributed by atoms with Crippen molar-refractivity contribution in [3.8, 4) is 11.5 Å². The van der Waals surface area contributed by atoms with Crippen molar-refractivity contribution >= 4 is 11.9 Å². The summed E-state index contributed by atoms with van der Waals surface area (Å²) in [4.78, 5) is 11.9. The third-order valence-corrected chi connectivity index (χ3v) is 2.76. The number of ketones is 1. The molecule has 0 fully saturated rings. The Kier molecular flexibility index (Phi) is 4.15. The van der Waals surface area contributed by atoms with Crippen LogP contribution in [0.5, 0.6) is 11.5 Å². The molecule has 0 aliphatic rings. The summed E-state index contributed by atoms with van der Waals surface area (Å²) in [5.74, 6) is -0.235. The van der Waals surface area contributed by atoms with Gasteiger partial charge in [-0.25, -0.2) is 4.39 Å². The Labute approximate surface area is 115 Å². The summed E-state index contributed by atoms with van der Waals surface area (Å²) in [7, 11) is 1.45. The molecule has 0 bridgehead atoms. The number of halogens is 1. The zero-order chi connectivity index (χ0) is 14.5. The largest absolute Gasteiger partial charge is 0.504 e. The van der Waals surface area contributed by atoms with Gasteiger partial charge in [-0.15, -0.1) is 0 Å². The Balaban J connectivity index is 2.16. The minimum atomic E-state index is -0.381. The molecule has 102 valence electrons. The quantitative estimate of drug-likeness (QED) is 0.685. The summed E-state index contributed by atoms with van der Waals surface area (Å²) < 4.78 is 17.7. The summed E-state index contributed by atoms with van der Waals surface area (Å²) in [6.45, 7) is 0. The molecule has 3 nitrogen and oxygen atoms in total. The predicted molar refractivity (Wildman–Crippen MR) is 74.4 cm³/mol. The van der Waals surface area contributed by atoms with Crippen molar-refractivity contribution in [2.45, 2.75) is 0 Å². The average Bonchev–Trinajstić information content (AvgIpc) is 2.46. The van der Waals surface area contributed by atoms with Crippen molar-refractivity contribution in [1.29, 1.82) is 0 Å². The highest BCUT2D eigenvalue weighted by Crippen LogP contribution is 2.26. The third-order valence-electron chi connectivity index (χ3n) is 2.76. The molecule has 2 aromatic rings. The van der Waals surface area contributed by atoms with E-state index in [9.17, 15) is 14.3 Å². The van der Waals surface area contributed by atoms with Crippen LogP contribution in [0.2, 0.25) is 0 Å². The van der Waals surface area contributed by atoms with Gasteiger partial charge in [0.25, 0.3) is 0 Å². The van der Waals surface area contributed by atoms with Gasteiger partial charge in [0.2, 0.25) is 0 Å². The van der Waals surface area contributed by atoms with Gasteiger partial charge >= 0.3 is 0 Å². The van der Waals surface area contributed by atoms with Crippen LogP contribution < -0.4 is 4.74 Å². The second-order valence-electron chi connectivity index (χ2n) is 4.14. The first kappa shape index (κ1) is 13.8. The first-order valence-electron chi connectivity index (χ1n) is 5.95. The van der Waals surface area contributed by atoms with Crippen LogP contribution in [-0.4, -0.2) is 18.0 Å². The van der Waals surface area contributed by atoms with Crippen molar-refractivity contribution in [3.63, 3.8) is 0 Å². The second kappa shape index (κ2) is 6.02. The normalized spacial score (nSPS) is 10.7. The van der Waals surface area contributed by atoms with Crippen LogP contribution in [0.3, 0.4) is 0 Å². The highest BCUT2D eigenvalue weighted by molar-refractivity contribution is 6.06. The van der Waals surface area contributed by atoms with E-state index in [4.69, 9.17) is 4.74 Å². The lowest BCUT2D eigenvalue weighted by Gasteiger charge is -2.03. The third kappa shape index (κ3) is 3.23. The van der Waals surface area contributed by atoms with Gasteiger partial charge in [0.15, 0.2) is 17.3 Å². The molecule has 20 heavy (non-hydrogen) atoms. The van der Waals surface area contributed by atoms with Gasteiger partial charge in [-0.3, -0.25) is 4.79 Å². The number of carbonyl (C=O) groups excluding carboxylic acids is 1. The lowest BCUT2D eigenvalue weighted by atomic mass is 10.1. The molecule has 4 heteroatoms. The Morgan fingerprint density at radius 1 is 1.20 bits per heavy atom. The molecule has 0 amide bonds. The molecule has 0 heterocycles. The van der Waals surface area contributed by atoms with E-state index in [1.807, 2.05) is 0 Å². The van der Waals surface area contributed by atoms with Crippen LogP contribution >= 0.6 is 0 Å². The van der Waals surface area contributed by atoms with E-state index in [1.165, 1.54) is 43.5 Å². The SMILES string of the molecule is COc1cc(/C=C\C(=O)c2ccc(F)cc2)ccc1O. The van der Waals surface area contributed by atoms with Gasteiger partial charge in [0.1, 0.15) is 5.82 Å².